The van der Waals surface area contributed by atoms with E-state index in [9.17, 15) is 14.0 Å². The first-order valence-electron chi connectivity index (χ1n) is 9.95. The number of rotatable bonds is 4. The van der Waals surface area contributed by atoms with E-state index in [1.54, 1.807) is 11.6 Å². The van der Waals surface area contributed by atoms with Gasteiger partial charge in [-0.3, -0.25) is 9.59 Å². The zero-order chi connectivity index (χ0) is 22.0. The van der Waals surface area contributed by atoms with Crippen LogP contribution in [0.1, 0.15) is 50.2 Å². The van der Waals surface area contributed by atoms with Crippen LogP contribution in [0.25, 0.3) is 0 Å². The number of thiazole rings is 1. The van der Waals surface area contributed by atoms with E-state index in [1.807, 2.05) is 17.9 Å². The van der Waals surface area contributed by atoms with E-state index in [1.165, 1.54) is 35.6 Å². The fourth-order valence-electron chi connectivity index (χ4n) is 3.67. The summed E-state index contributed by atoms with van der Waals surface area (Å²) in [5.74, 6) is -0.431. The highest BCUT2D eigenvalue weighted by Crippen LogP contribution is 2.29. The van der Waals surface area contributed by atoms with Crippen molar-refractivity contribution in [2.24, 2.45) is 0 Å². The van der Waals surface area contributed by atoms with E-state index in [4.69, 9.17) is 5.73 Å². The number of nitrogens with one attached hydrogen (secondary N) is 1. The summed E-state index contributed by atoms with van der Waals surface area (Å²) in [5, 5.41) is 2.69. The molecule has 0 aliphatic carbocycles. The minimum Gasteiger partial charge on any atom is -0.383 e. The van der Waals surface area contributed by atoms with E-state index in [2.05, 4.69) is 15.3 Å². The van der Waals surface area contributed by atoms with Crippen LogP contribution in [0.4, 0.5) is 15.9 Å². The second kappa shape index (κ2) is 8.81. The lowest BCUT2D eigenvalue weighted by atomic mass is 9.92. The highest BCUT2D eigenvalue weighted by molar-refractivity contribution is 7.11. The molecule has 0 radical (unpaired) electrons. The van der Waals surface area contributed by atoms with E-state index < -0.39 is 5.91 Å². The Morgan fingerprint density at radius 3 is 2.48 bits per heavy atom. The molecule has 0 bridgehead atoms. The van der Waals surface area contributed by atoms with Crippen LogP contribution in [-0.4, -0.2) is 39.8 Å². The zero-order valence-corrected chi connectivity index (χ0v) is 17.8. The van der Waals surface area contributed by atoms with Crippen molar-refractivity contribution >= 4 is 34.7 Å². The van der Waals surface area contributed by atoms with E-state index in [-0.39, 0.29) is 29.0 Å². The average Bonchev–Trinajstić information content (AvgIpc) is 3.20. The predicted molar refractivity (Wildman–Crippen MR) is 118 cm³/mol. The summed E-state index contributed by atoms with van der Waals surface area (Å²) >= 11 is 1.37. The third-order valence-electron chi connectivity index (χ3n) is 5.43. The van der Waals surface area contributed by atoms with Crippen molar-refractivity contribution in [2.75, 3.05) is 24.1 Å². The largest absolute Gasteiger partial charge is 0.383 e. The molecule has 1 aliphatic heterocycles. The molecule has 4 rings (SSSR count). The number of likely N-dealkylation sites (tertiary alicyclic amines) is 1. The molecule has 0 unspecified atom stereocenters. The number of amides is 2. The van der Waals surface area contributed by atoms with Crippen LogP contribution in [0.3, 0.4) is 0 Å². The van der Waals surface area contributed by atoms with Gasteiger partial charge in [0.2, 0.25) is 0 Å². The van der Waals surface area contributed by atoms with Crippen LogP contribution in [0.2, 0.25) is 0 Å². The molecule has 31 heavy (non-hydrogen) atoms. The van der Waals surface area contributed by atoms with Crippen LogP contribution >= 0.6 is 11.3 Å². The summed E-state index contributed by atoms with van der Waals surface area (Å²) < 4.78 is 13.0. The lowest BCUT2D eigenvalue weighted by molar-refractivity contribution is 0.0715. The Balaban J connectivity index is 1.39. The lowest BCUT2D eigenvalue weighted by Gasteiger charge is -2.31. The molecule has 7 nitrogen and oxygen atoms in total. The van der Waals surface area contributed by atoms with Gasteiger partial charge in [-0.25, -0.2) is 14.4 Å². The molecular weight excluding hydrogens is 417 g/mol. The number of nitrogen functional groups attached to an aromatic ring is 1. The Morgan fingerprint density at radius 2 is 1.87 bits per heavy atom. The van der Waals surface area contributed by atoms with E-state index >= 15 is 0 Å². The van der Waals surface area contributed by atoms with Gasteiger partial charge in [-0.2, -0.15) is 0 Å². The number of piperidine rings is 1. The molecule has 160 valence electrons. The second-order valence-corrected chi connectivity index (χ2v) is 8.32. The van der Waals surface area contributed by atoms with Gasteiger partial charge in [-0.05, 0) is 56.2 Å². The predicted octanol–water partition coefficient (Wildman–Crippen LogP) is 3.84. The van der Waals surface area contributed by atoms with Gasteiger partial charge >= 0.3 is 0 Å². The molecule has 1 aromatic carbocycles. The maximum absolute atomic E-state index is 13.0. The standard InChI is InChI=1S/C22H22FN5O2S/c1-13-19(31-12-25-13)22(30)28-10-8-14(9-11-28)18-7-6-17(20(24)27-18)21(29)26-16-4-2-15(23)3-5-16/h2-7,12,14H,8-11H2,1H3,(H2,24,27)(H,26,29). The Kier molecular flexibility index (Phi) is 5.94. The first-order valence-corrected chi connectivity index (χ1v) is 10.8. The SMILES string of the molecule is Cc1ncsc1C(=O)N1CCC(c2ccc(C(=O)Nc3ccc(F)cc3)c(N)n2)CC1. The van der Waals surface area contributed by atoms with Crippen LogP contribution in [0.15, 0.2) is 41.9 Å². The summed E-state index contributed by atoms with van der Waals surface area (Å²) in [5.41, 5.74) is 10.1. The van der Waals surface area contributed by atoms with Crippen molar-refractivity contribution in [2.45, 2.75) is 25.7 Å². The molecule has 0 spiro atoms. The summed E-state index contributed by atoms with van der Waals surface area (Å²) in [6.07, 6.45) is 1.55. The molecule has 3 aromatic rings. The van der Waals surface area contributed by atoms with Crippen LogP contribution < -0.4 is 11.1 Å². The molecule has 1 aliphatic rings. The summed E-state index contributed by atoms with van der Waals surface area (Å²) in [6, 6.07) is 8.98. The number of carbonyl (C=O) groups excluding carboxylic acids is 2. The van der Waals surface area contributed by atoms with Gasteiger partial charge in [-0.15, -0.1) is 11.3 Å². The molecule has 3 heterocycles. The Bertz CT molecular complexity index is 1110. The second-order valence-electron chi connectivity index (χ2n) is 7.46. The lowest BCUT2D eigenvalue weighted by Crippen LogP contribution is -2.38. The van der Waals surface area contributed by atoms with Gasteiger partial charge in [-0.1, -0.05) is 0 Å². The van der Waals surface area contributed by atoms with Crippen LogP contribution in [0, 0.1) is 12.7 Å². The normalized spacial score (nSPS) is 14.5. The smallest absolute Gasteiger partial charge is 0.265 e. The molecule has 0 atom stereocenters. The molecular formula is C22H22FN5O2S. The van der Waals surface area contributed by atoms with E-state index in [0.29, 0.717) is 23.7 Å². The maximum Gasteiger partial charge on any atom is 0.265 e. The monoisotopic (exact) mass is 439 g/mol. The Hall–Kier alpha value is -3.33. The van der Waals surface area contributed by atoms with Gasteiger partial charge in [0, 0.05) is 30.4 Å². The first-order chi connectivity index (χ1) is 14.9. The average molecular weight is 440 g/mol. The minimum atomic E-state index is -0.400. The van der Waals surface area contributed by atoms with Crippen molar-refractivity contribution in [1.29, 1.82) is 0 Å². The topological polar surface area (TPSA) is 101 Å². The first kappa shape index (κ1) is 20.9. The molecule has 2 aromatic heterocycles. The zero-order valence-electron chi connectivity index (χ0n) is 17.0. The highest BCUT2D eigenvalue weighted by atomic mass is 32.1. The van der Waals surface area contributed by atoms with Gasteiger partial charge in [0.1, 0.15) is 16.5 Å². The summed E-state index contributed by atoms with van der Waals surface area (Å²) in [4.78, 5) is 36.3. The molecule has 3 N–H and O–H groups in total. The fraction of sp³-hybridized carbons (Fsp3) is 0.273. The number of nitrogens with zero attached hydrogens (tertiary/aromatic N) is 3. The quantitative estimate of drug-likeness (QED) is 0.643. The van der Waals surface area contributed by atoms with Gasteiger partial charge in [0.25, 0.3) is 11.8 Å². The fourth-order valence-corrected chi connectivity index (χ4v) is 4.44. The van der Waals surface area contributed by atoms with Crippen molar-refractivity contribution in [3.05, 3.63) is 69.6 Å². The number of carbonyl (C=O) groups is 2. The van der Waals surface area contributed by atoms with Crippen LogP contribution in [-0.2, 0) is 0 Å². The third-order valence-corrected chi connectivity index (χ3v) is 6.35. The highest BCUT2D eigenvalue weighted by Gasteiger charge is 2.27. The summed E-state index contributed by atoms with van der Waals surface area (Å²) in [7, 11) is 0. The number of aromatic nitrogens is 2. The number of pyridine rings is 1. The molecule has 9 heteroatoms. The Morgan fingerprint density at radius 1 is 1.16 bits per heavy atom. The van der Waals surface area contributed by atoms with Gasteiger partial charge < -0.3 is 16.0 Å². The van der Waals surface area contributed by atoms with E-state index in [0.717, 1.165) is 24.2 Å². The van der Waals surface area contributed by atoms with Gasteiger partial charge in [0.15, 0.2) is 0 Å². The third kappa shape index (κ3) is 4.56. The Labute approximate surface area is 183 Å². The minimum absolute atomic E-state index is 0.0266. The molecule has 0 saturated carbocycles. The van der Waals surface area contributed by atoms with Crippen LogP contribution in [0.5, 0.6) is 0 Å². The summed E-state index contributed by atoms with van der Waals surface area (Å²) in [6.45, 7) is 3.11. The van der Waals surface area contributed by atoms with Crippen molar-refractivity contribution < 1.29 is 14.0 Å². The number of hydrogen-bond acceptors (Lipinski definition) is 6. The number of nitrogens with two attached hydrogens (primary N) is 1. The molecule has 1 fully saturated rings. The van der Waals surface area contributed by atoms with Crippen molar-refractivity contribution in [1.82, 2.24) is 14.9 Å². The van der Waals surface area contributed by atoms with Crippen molar-refractivity contribution in [3.63, 3.8) is 0 Å². The van der Waals surface area contributed by atoms with Crippen molar-refractivity contribution in [3.8, 4) is 0 Å². The number of anilines is 2. The number of benzene rings is 1. The molecule has 2 amide bonds. The number of halogens is 1. The number of hydrogen-bond donors (Lipinski definition) is 2. The maximum atomic E-state index is 13.0. The molecule has 1 saturated heterocycles. The number of aryl methyl sites for hydroxylation is 1. The van der Waals surface area contributed by atoms with Gasteiger partial charge in [0.05, 0.1) is 16.8 Å².